The van der Waals surface area contributed by atoms with Crippen LogP contribution in [-0.2, 0) is 16.0 Å². The second-order valence-corrected chi connectivity index (χ2v) is 5.99. The summed E-state index contributed by atoms with van der Waals surface area (Å²) in [5.41, 5.74) is 2.03. The molecular weight excluding hydrogens is 262 g/mol. The van der Waals surface area contributed by atoms with Crippen LogP contribution in [0.1, 0.15) is 12.5 Å². The number of carbonyl (C=O) groups excluding carboxylic acids is 1. The van der Waals surface area contributed by atoms with Crippen LogP contribution in [0.15, 0.2) is 60.4 Å². The molecule has 0 saturated carbocycles. The van der Waals surface area contributed by atoms with Crippen molar-refractivity contribution >= 4 is 11.6 Å². The lowest BCUT2D eigenvalue weighted by molar-refractivity contribution is -0.118. The number of fused-ring (bicyclic) bond motifs is 2. The quantitative estimate of drug-likeness (QED) is 0.791. The van der Waals surface area contributed by atoms with Crippen LogP contribution in [0.2, 0.25) is 0 Å². The molecule has 106 valence electrons. The second-order valence-electron chi connectivity index (χ2n) is 5.99. The van der Waals surface area contributed by atoms with Crippen LogP contribution in [0.5, 0.6) is 0 Å². The summed E-state index contributed by atoms with van der Waals surface area (Å²) in [6, 6.07) is 8.08. The highest BCUT2D eigenvalue weighted by Crippen LogP contribution is 2.40. The molecule has 0 N–H and O–H groups in total. The Morgan fingerprint density at radius 3 is 3.05 bits per heavy atom. The van der Waals surface area contributed by atoms with Gasteiger partial charge in [0.2, 0.25) is 0 Å². The van der Waals surface area contributed by atoms with Gasteiger partial charge in [-0.1, -0.05) is 36.4 Å². The standard InChI is InChI=1S/C18H17NO2/c1-18-10-5-4-8-16(18)21-15(12-18)17(20)19-11-9-13-6-2-3-7-14(13)19/h2-8,10,12,16H,9,11H2,1H3. The number of hydrogen-bond donors (Lipinski definition) is 0. The van der Waals surface area contributed by atoms with Crippen molar-refractivity contribution in [3.8, 4) is 0 Å². The van der Waals surface area contributed by atoms with Gasteiger partial charge in [-0.2, -0.15) is 0 Å². The van der Waals surface area contributed by atoms with Crippen LogP contribution in [0.4, 0.5) is 5.69 Å². The number of rotatable bonds is 1. The van der Waals surface area contributed by atoms with Gasteiger partial charge in [-0.05, 0) is 37.1 Å². The van der Waals surface area contributed by atoms with E-state index in [0.717, 1.165) is 18.7 Å². The topological polar surface area (TPSA) is 29.5 Å². The summed E-state index contributed by atoms with van der Waals surface area (Å²) in [5, 5.41) is 0. The zero-order valence-corrected chi connectivity index (χ0v) is 12.0. The minimum atomic E-state index is -0.209. The van der Waals surface area contributed by atoms with Crippen molar-refractivity contribution in [2.75, 3.05) is 11.4 Å². The molecule has 1 aliphatic carbocycles. The molecule has 1 aromatic carbocycles. The third kappa shape index (κ3) is 1.84. The van der Waals surface area contributed by atoms with Crippen molar-refractivity contribution in [3.63, 3.8) is 0 Å². The molecule has 0 saturated heterocycles. The van der Waals surface area contributed by atoms with Gasteiger partial charge in [0.05, 0.1) is 0 Å². The molecule has 4 rings (SSSR count). The molecule has 1 aromatic rings. The number of carbonyl (C=O) groups is 1. The van der Waals surface area contributed by atoms with E-state index in [1.165, 1.54) is 5.56 Å². The summed E-state index contributed by atoms with van der Waals surface area (Å²) in [5.74, 6) is 0.438. The number of ether oxygens (including phenoxy) is 1. The molecule has 2 heterocycles. The van der Waals surface area contributed by atoms with Gasteiger partial charge >= 0.3 is 0 Å². The minimum absolute atomic E-state index is 0.0302. The first kappa shape index (κ1) is 12.5. The van der Waals surface area contributed by atoms with Crippen LogP contribution in [0.25, 0.3) is 0 Å². The fraction of sp³-hybridized carbons (Fsp3) is 0.278. The first-order chi connectivity index (χ1) is 10.2. The Balaban J connectivity index is 1.64. The molecule has 3 nitrogen and oxygen atoms in total. The van der Waals surface area contributed by atoms with E-state index >= 15 is 0 Å². The highest BCUT2D eigenvalue weighted by Gasteiger charge is 2.41. The molecule has 2 atom stereocenters. The summed E-state index contributed by atoms with van der Waals surface area (Å²) >= 11 is 0. The summed E-state index contributed by atoms with van der Waals surface area (Å²) in [7, 11) is 0. The maximum absolute atomic E-state index is 12.8. The Labute approximate surface area is 124 Å². The number of amides is 1. The molecule has 21 heavy (non-hydrogen) atoms. The van der Waals surface area contributed by atoms with Crippen LogP contribution >= 0.6 is 0 Å². The lowest BCUT2D eigenvalue weighted by Crippen LogP contribution is -2.31. The molecule has 0 aromatic heterocycles. The van der Waals surface area contributed by atoms with Gasteiger partial charge in [-0.3, -0.25) is 4.79 Å². The molecule has 3 aliphatic rings. The fourth-order valence-corrected chi connectivity index (χ4v) is 3.27. The summed E-state index contributed by atoms with van der Waals surface area (Å²) in [6.07, 6.45) is 10.9. The fourth-order valence-electron chi connectivity index (χ4n) is 3.27. The van der Waals surface area contributed by atoms with Crippen molar-refractivity contribution in [3.05, 3.63) is 66.0 Å². The zero-order chi connectivity index (χ0) is 14.4. The van der Waals surface area contributed by atoms with E-state index in [-0.39, 0.29) is 17.4 Å². The molecule has 0 bridgehead atoms. The highest BCUT2D eigenvalue weighted by atomic mass is 16.5. The Morgan fingerprint density at radius 1 is 1.33 bits per heavy atom. The molecule has 0 spiro atoms. The second kappa shape index (κ2) is 4.35. The van der Waals surface area contributed by atoms with Crippen LogP contribution in [0.3, 0.4) is 0 Å². The molecule has 0 radical (unpaired) electrons. The van der Waals surface area contributed by atoms with E-state index < -0.39 is 0 Å². The first-order valence-corrected chi connectivity index (χ1v) is 7.33. The van der Waals surface area contributed by atoms with E-state index in [4.69, 9.17) is 4.74 Å². The van der Waals surface area contributed by atoms with Gasteiger partial charge in [0, 0.05) is 17.6 Å². The average Bonchev–Trinajstić information content (AvgIpc) is 3.06. The van der Waals surface area contributed by atoms with E-state index in [0.29, 0.717) is 5.76 Å². The Bertz CT molecular complexity index is 701. The van der Waals surface area contributed by atoms with E-state index in [1.807, 2.05) is 47.4 Å². The summed E-state index contributed by atoms with van der Waals surface area (Å²) in [4.78, 5) is 14.6. The normalized spacial score (nSPS) is 28.9. The number of hydrogen-bond acceptors (Lipinski definition) is 2. The lowest BCUT2D eigenvalue weighted by Gasteiger charge is -2.25. The maximum atomic E-state index is 12.8. The SMILES string of the molecule is CC12C=CC=CC1OC(C(=O)N1CCc3ccccc31)=C2. The molecule has 0 fully saturated rings. The van der Waals surface area contributed by atoms with Gasteiger partial charge in [-0.15, -0.1) is 0 Å². The third-order valence-electron chi connectivity index (χ3n) is 4.50. The summed E-state index contributed by atoms with van der Waals surface area (Å²) in [6.45, 7) is 2.82. The van der Waals surface area contributed by atoms with E-state index in [1.54, 1.807) is 0 Å². The monoisotopic (exact) mass is 279 g/mol. The van der Waals surface area contributed by atoms with Crippen molar-refractivity contribution in [2.24, 2.45) is 5.41 Å². The predicted molar refractivity (Wildman–Crippen MR) is 81.8 cm³/mol. The van der Waals surface area contributed by atoms with Gasteiger partial charge < -0.3 is 9.64 Å². The predicted octanol–water partition coefficient (Wildman–Crippen LogP) is 2.99. The van der Waals surface area contributed by atoms with Gasteiger partial charge in [-0.25, -0.2) is 0 Å². The van der Waals surface area contributed by atoms with Crippen LogP contribution in [-0.4, -0.2) is 18.6 Å². The number of anilines is 1. The third-order valence-corrected chi connectivity index (χ3v) is 4.50. The first-order valence-electron chi connectivity index (χ1n) is 7.33. The van der Waals surface area contributed by atoms with Crippen molar-refractivity contribution < 1.29 is 9.53 Å². The van der Waals surface area contributed by atoms with Gasteiger partial charge in [0.1, 0.15) is 6.10 Å². The Hall–Kier alpha value is -2.29. The number of para-hydroxylation sites is 1. The molecule has 1 amide bonds. The number of allylic oxidation sites excluding steroid dienone is 2. The van der Waals surface area contributed by atoms with Crippen molar-refractivity contribution in [1.29, 1.82) is 0 Å². The van der Waals surface area contributed by atoms with Gasteiger partial charge in [0.15, 0.2) is 5.76 Å². The lowest BCUT2D eigenvalue weighted by atomic mass is 9.82. The van der Waals surface area contributed by atoms with Crippen LogP contribution in [0, 0.1) is 5.41 Å². The number of benzene rings is 1. The van der Waals surface area contributed by atoms with Crippen molar-refractivity contribution in [2.45, 2.75) is 19.4 Å². The average molecular weight is 279 g/mol. The largest absolute Gasteiger partial charge is 0.480 e. The molecule has 2 unspecified atom stereocenters. The highest BCUT2D eigenvalue weighted by molar-refractivity contribution is 6.06. The Kier molecular flexibility index (Phi) is 2.58. The number of nitrogens with zero attached hydrogens (tertiary/aromatic N) is 1. The van der Waals surface area contributed by atoms with E-state index in [2.05, 4.69) is 19.1 Å². The van der Waals surface area contributed by atoms with Crippen LogP contribution < -0.4 is 4.90 Å². The van der Waals surface area contributed by atoms with E-state index in [9.17, 15) is 4.79 Å². The molecule has 3 heteroatoms. The summed E-state index contributed by atoms with van der Waals surface area (Å²) < 4.78 is 5.89. The Morgan fingerprint density at radius 2 is 2.19 bits per heavy atom. The minimum Gasteiger partial charge on any atom is -0.480 e. The molecular formula is C18H17NO2. The molecule has 2 aliphatic heterocycles. The smallest absolute Gasteiger partial charge is 0.293 e. The van der Waals surface area contributed by atoms with Crippen molar-refractivity contribution in [1.82, 2.24) is 0 Å². The van der Waals surface area contributed by atoms with Gasteiger partial charge in [0.25, 0.3) is 5.91 Å². The zero-order valence-electron chi connectivity index (χ0n) is 12.0. The maximum Gasteiger partial charge on any atom is 0.293 e.